The zero-order chi connectivity index (χ0) is 13.5. The minimum Gasteiger partial charge on any atom is -0.353 e. The monoisotopic (exact) mass is 262 g/mol. The zero-order valence-corrected chi connectivity index (χ0v) is 12.3. The molecule has 0 aliphatic rings. The van der Waals surface area contributed by atoms with Gasteiger partial charge in [-0.05, 0) is 12.8 Å². The van der Waals surface area contributed by atoms with E-state index in [2.05, 4.69) is 12.0 Å². The molecule has 0 amide bonds. The molecule has 0 fully saturated rings. The Balaban J connectivity index is 3.27. The smallest absolute Gasteiger partial charge is 0.194 e. The predicted octanol–water partition coefficient (Wildman–Crippen LogP) is 4.39. The molecule has 0 saturated carbocycles. The molecule has 0 saturated heterocycles. The summed E-state index contributed by atoms with van der Waals surface area (Å²) < 4.78 is 5.15. The molecule has 1 unspecified atom stereocenters. The van der Waals surface area contributed by atoms with Crippen LogP contribution in [0.3, 0.4) is 0 Å². The molecule has 0 aliphatic carbocycles. The van der Waals surface area contributed by atoms with E-state index in [1.807, 2.05) is 6.92 Å². The summed E-state index contributed by atoms with van der Waals surface area (Å²) >= 11 is 0. The van der Waals surface area contributed by atoms with Crippen molar-refractivity contribution < 1.29 is 19.6 Å². The van der Waals surface area contributed by atoms with Gasteiger partial charge in [0.1, 0.15) is 0 Å². The number of hydrogen-bond donors (Lipinski definition) is 0. The Morgan fingerprint density at radius 1 is 0.833 bits per heavy atom. The van der Waals surface area contributed by atoms with Crippen LogP contribution >= 0.6 is 0 Å². The third-order valence-corrected chi connectivity index (χ3v) is 2.79. The quantitative estimate of drug-likeness (QED) is 0.201. The third kappa shape index (κ3) is 12.3. The van der Waals surface area contributed by atoms with Crippen molar-refractivity contribution in [1.82, 2.24) is 0 Å². The summed E-state index contributed by atoms with van der Waals surface area (Å²) in [5.41, 5.74) is 0. The molecule has 0 N–H and O–H groups in total. The molecule has 0 aromatic rings. The molecular formula is C14H30O4. The van der Waals surface area contributed by atoms with Crippen LogP contribution in [0, 0.1) is 0 Å². The summed E-state index contributed by atoms with van der Waals surface area (Å²) in [7, 11) is 1.62. The van der Waals surface area contributed by atoms with Crippen LogP contribution in [0.15, 0.2) is 0 Å². The Morgan fingerprint density at radius 3 is 2.11 bits per heavy atom. The molecule has 4 nitrogen and oxygen atoms in total. The van der Waals surface area contributed by atoms with Crippen LogP contribution in [0.5, 0.6) is 0 Å². The second kappa shape index (κ2) is 14.9. The maximum Gasteiger partial charge on any atom is 0.194 e. The SMILES string of the molecule is CCCCCCCCCC(OC)OOOCCC. The van der Waals surface area contributed by atoms with E-state index in [0.717, 1.165) is 19.3 Å². The molecule has 0 bridgehead atoms. The molecule has 110 valence electrons. The fourth-order valence-corrected chi connectivity index (χ4v) is 1.66. The van der Waals surface area contributed by atoms with Crippen LogP contribution in [0.2, 0.25) is 0 Å². The van der Waals surface area contributed by atoms with Gasteiger partial charge in [-0.15, -0.1) is 0 Å². The first-order valence-electron chi connectivity index (χ1n) is 7.32. The molecule has 1 atom stereocenters. The molecule has 0 aromatic carbocycles. The largest absolute Gasteiger partial charge is 0.353 e. The van der Waals surface area contributed by atoms with E-state index in [1.54, 1.807) is 7.11 Å². The standard InChI is InChI=1S/C14H30O4/c1-4-6-7-8-9-10-11-12-14(15-3)17-18-16-13-5-2/h14H,4-13H2,1-3H3. The maximum absolute atomic E-state index is 5.15. The third-order valence-electron chi connectivity index (χ3n) is 2.79. The van der Waals surface area contributed by atoms with Crippen molar-refractivity contribution >= 4 is 0 Å². The van der Waals surface area contributed by atoms with Crippen molar-refractivity contribution in [1.29, 1.82) is 0 Å². The number of methoxy groups -OCH3 is 1. The highest BCUT2D eigenvalue weighted by Gasteiger charge is 2.08. The lowest BCUT2D eigenvalue weighted by Gasteiger charge is -2.13. The normalized spacial score (nSPS) is 12.8. The minimum absolute atomic E-state index is 0.322. The van der Waals surface area contributed by atoms with Gasteiger partial charge in [0.2, 0.25) is 0 Å². The lowest BCUT2D eigenvalue weighted by atomic mass is 10.1. The second-order valence-electron chi connectivity index (χ2n) is 4.56. The molecule has 18 heavy (non-hydrogen) atoms. The van der Waals surface area contributed by atoms with Crippen molar-refractivity contribution in [3.63, 3.8) is 0 Å². The lowest BCUT2D eigenvalue weighted by molar-refractivity contribution is -0.546. The van der Waals surface area contributed by atoms with E-state index in [4.69, 9.17) is 14.5 Å². The Kier molecular flexibility index (Phi) is 14.8. The van der Waals surface area contributed by atoms with Crippen LogP contribution in [-0.2, 0) is 19.6 Å². The van der Waals surface area contributed by atoms with Gasteiger partial charge in [-0.2, -0.15) is 4.89 Å². The molecule has 0 spiro atoms. The molecule has 0 radical (unpaired) electrons. The Bertz CT molecular complexity index is 153. The fourth-order valence-electron chi connectivity index (χ4n) is 1.66. The average molecular weight is 262 g/mol. The van der Waals surface area contributed by atoms with Crippen LogP contribution < -0.4 is 0 Å². The maximum atomic E-state index is 5.15. The first-order valence-corrected chi connectivity index (χ1v) is 7.32. The topological polar surface area (TPSA) is 36.9 Å². The second-order valence-corrected chi connectivity index (χ2v) is 4.56. The Morgan fingerprint density at radius 2 is 1.50 bits per heavy atom. The predicted molar refractivity (Wildman–Crippen MR) is 71.8 cm³/mol. The summed E-state index contributed by atoms with van der Waals surface area (Å²) in [5, 5.41) is 4.61. The van der Waals surface area contributed by atoms with E-state index in [-0.39, 0.29) is 6.29 Å². The van der Waals surface area contributed by atoms with Gasteiger partial charge in [0, 0.05) is 13.5 Å². The van der Waals surface area contributed by atoms with Gasteiger partial charge in [-0.1, -0.05) is 57.4 Å². The summed E-state index contributed by atoms with van der Waals surface area (Å²) in [6.45, 7) is 4.78. The molecular weight excluding hydrogens is 232 g/mol. The van der Waals surface area contributed by atoms with E-state index < -0.39 is 0 Å². The van der Waals surface area contributed by atoms with Gasteiger partial charge >= 0.3 is 0 Å². The van der Waals surface area contributed by atoms with Gasteiger partial charge in [0.05, 0.1) is 6.61 Å². The molecule has 0 rings (SSSR count). The zero-order valence-electron chi connectivity index (χ0n) is 12.3. The Labute approximate surface area is 112 Å². The molecule has 0 aromatic heterocycles. The van der Waals surface area contributed by atoms with Crippen molar-refractivity contribution in [2.75, 3.05) is 13.7 Å². The van der Waals surface area contributed by atoms with Gasteiger partial charge in [-0.25, -0.2) is 4.89 Å². The van der Waals surface area contributed by atoms with E-state index in [0.29, 0.717) is 6.61 Å². The van der Waals surface area contributed by atoms with Crippen LogP contribution in [-0.4, -0.2) is 20.0 Å². The van der Waals surface area contributed by atoms with Crippen molar-refractivity contribution in [3.8, 4) is 0 Å². The first-order chi connectivity index (χ1) is 8.85. The number of hydrogen-bond acceptors (Lipinski definition) is 4. The summed E-state index contributed by atoms with van der Waals surface area (Å²) in [5.74, 6) is 0. The molecule has 4 heteroatoms. The van der Waals surface area contributed by atoms with E-state index in [1.165, 1.54) is 38.5 Å². The molecule has 0 aliphatic heterocycles. The minimum atomic E-state index is -0.322. The first kappa shape index (κ1) is 17.8. The van der Waals surface area contributed by atoms with E-state index in [9.17, 15) is 0 Å². The van der Waals surface area contributed by atoms with Crippen LogP contribution in [0.4, 0.5) is 0 Å². The van der Waals surface area contributed by atoms with Crippen molar-refractivity contribution in [3.05, 3.63) is 0 Å². The highest BCUT2D eigenvalue weighted by Crippen LogP contribution is 2.11. The Hall–Kier alpha value is -0.160. The van der Waals surface area contributed by atoms with Gasteiger partial charge in [0.15, 0.2) is 6.29 Å². The van der Waals surface area contributed by atoms with Crippen LogP contribution in [0.25, 0.3) is 0 Å². The van der Waals surface area contributed by atoms with Crippen molar-refractivity contribution in [2.24, 2.45) is 0 Å². The number of rotatable bonds is 14. The van der Waals surface area contributed by atoms with Crippen molar-refractivity contribution in [2.45, 2.75) is 77.9 Å². The number of ether oxygens (including phenoxy) is 1. The molecule has 0 heterocycles. The summed E-state index contributed by atoms with van der Waals surface area (Å²) in [4.78, 5) is 9.78. The van der Waals surface area contributed by atoms with Crippen LogP contribution in [0.1, 0.15) is 71.6 Å². The van der Waals surface area contributed by atoms with Gasteiger partial charge < -0.3 is 4.74 Å². The average Bonchev–Trinajstić information content (AvgIpc) is 2.40. The highest BCUT2D eigenvalue weighted by molar-refractivity contribution is 4.47. The van der Waals surface area contributed by atoms with E-state index >= 15 is 0 Å². The number of unbranched alkanes of at least 4 members (excludes halogenated alkanes) is 6. The lowest BCUT2D eigenvalue weighted by Crippen LogP contribution is -2.16. The highest BCUT2D eigenvalue weighted by atomic mass is 17.5. The summed E-state index contributed by atoms with van der Waals surface area (Å²) in [6.07, 6.45) is 10.4. The summed E-state index contributed by atoms with van der Waals surface area (Å²) in [6, 6.07) is 0. The fraction of sp³-hybridized carbons (Fsp3) is 1.00. The van der Waals surface area contributed by atoms with Gasteiger partial charge in [-0.3, -0.25) is 0 Å². The van der Waals surface area contributed by atoms with Gasteiger partial charge in [0.25, 0.3) is 0 Å².